The van der Waals surface area contributed by atoms with Crippen molar-refractivity contribution in [2.75, 3.05) is 20.1 Å². The van der Waals surface area contributed by atoms with Crippen molar-refractivity contribution in [1.82, 2.24) is 10.2 Å². The molecule has 0 saturated heterocycles. The van der Waals surface area contributed by atoms with E-state index in [1.54, 1.807) is 20.9 Å². The third-order valence-electron chi connectivity index (χ3n) is 2.41. The summed E-state index contributed by atoms with van der Waals surface area (Å²) in [6, 6.07) is -0.151. The standard InChI is InChI=1S/C10H21F3N2/c1-5-9(6-14-4)15(8(2)3)7-10(11,12)13/h8-9,14H,5-7H2,1-4H3. The van der Waals surface area contributed by atoms with Gasteiger partial charge in [0.05, 0.1) is 6.54 Å². The van der Waals surface area contributed by atoms with Gasteiger partial charge in [0, 0.05) is 18.6 Å². The fourth-order valence-corrected chi connectivity index (χ4v) is 1.67. The number of alkyl halides is 3. The van der Waals surface area contributed by atoms with E-state index >= 15 is 0 Å². The molecule has 0 radical (unpaired) electrons. The summed E-state index contributed by atoms with van der Waals surface area (Å²) >= 11 is 0. The first-order valence-corrected chi connectivity index (χ1v) is 5.28. The molecule has 0 bridgehead atoms. The zero-order valence-corrected chi connectivity index (χ0v) is 9.86. The van der Waals surface area contributed by atoms with Crippen LogP contribution in [0.1, 0.15) is 27.2 Å². The van der Waals surface area contributed by atoms with Gasteiger partial charge in [-0.25, -0.2) is 0 Å². The summed E-state index contributed by atoms with van der Waals surface area (Å²) in [5, 5.41) is 2.93. The van der Waals surface area contributed by atoms with Crippen molar-refractivity contribution in [3.05, 3.63) is 0 Å². The molecule has 0 aliphatic rings. The minimum atomic E-state index is -4.12. The van der Waals surface area contributed by atoms with Crippen LogP contribution in [0.4, 0.5) is 13.2 Å². The largest absolute Gasteiger partial charge is 0.401 e. The van der Waals surface area contributed by atoms with Crippen molar-refractivity contribution >= 4 is 0 Å². The van der Waals surface area contributed by atoms with Gasteiger partial charge < -0.3 is 5.32 Å². The van der Waals surface area contributed by atoms with Gasteiger partial charge in [0.25, 0.3) is 0 Å². The van der Waals surface area contributed by atoms with Gasteiger partial charge in [-0.3, -0.25) is 4.90 Å². The summed E-state index contributed by atoms with van der Waals surface area (Å²) < 4.78 is 37.0. The Balaban J connectivity index is 4.48. The molecule has 0 aliphatic carbocycles. The molecule has 0 spiro atoms. The second kappa shape index (κ2) is 6.33. The highest BCUT2D eigenvalue weighted by Gasteiger charge is 2.34. The van der Waals surface area contributed by atoms with Gasteiger partial charge in [0.1, 0.15) is 0 Å². The second-order valence-electron chi connectivity index (χ2n) is 4.00. The lowest BCUT2D eigenvalue weighted by Gasteiger charge is -2.34. The summed E-state index contributed by atoms with van der Waals surface area (Å²) in [6.07, 6.45) is -3.40. The van der Waals surface area contributed by atoms with E-state index in [4.69, 9.17) is 0 Å². The number of halogens is 3. The molecule has 0 fully saturated rings. The average molecular weight is 226 g/mol. The van der Waals surface area contributed by atoms with Crippen molar-refractivity contribution in [3.63, 3.8) is 0 Å². The third-order valence-corrected chi connectivity index (χ3v) is 2.41. The highest BCUT2D eigenvalue weighted by atomic mass is 19.4. The first-order chi connectivity index (χ1) is 6.81. The van der Waals surface area contributed by atoms with E-state index < -0.39 is 12.7 Å². The van der Waals surface area contributed by atoms with Crippen LogP contribution in [0.15, 0.2) is 0 Å². The maximum absolute atomic E-state index is 12.3. The van der Waals surface area contributed by atoms with E-state index in [9.17, 15) is 13.2 Å². The fourth-order valence-electron chi connectivity index (χ4n) is 1.67. The molecule has 5 heteroatoms. The quantitative estimate of drug-likeness (QED) is 0.747. The van der Waals surface area contributed by atoms with Gasteiger partial charge in [-0.2, -0.15) is 13.2 Å². The van der Waals surface area contributed by atoms with Crippen LogP contribution >= 0.6 is 0 Å². The lowest BCUT2D eigenvalue weighted by atomic mass is 10.1. The zero-order chi connectivity index (χ0) is 12.1. The fraction of sp³-hybridized carbons (Fsp3) is 1.00. The Morgan fingerprint density at radius 1 is 1.27 bits per heavy atom. The Kier molecular flexibility index (Phi) is 6.20. The number of hydrogen-bond acceptors (Lipinski definition) is 2. The van der Waals surface area contributed by atoms with E-state index in [-0.39, 0.29) is 12.1 Å². The molecule has 1 unspecified atom stereocenters. The van der Waals surface area contributed by atoms with Gasteiger partial charge in [-0.1, -0.05) is 6.92 Å². The summed E-state index contributed by atoms with van der Waals surface area (Å²) in [5.74, 6) is 0. The number of nitrogens with one attached hydrogen (secondary N) is 1. The molecule has 92 valence electrons. The molecular weight excluding hydrogens is 205 g/mol. The topological polar surface area (TPSA) is 15.3 Å². The molecule has 15 heavy (non-hydrogen) atoms. The van der Waals surface area contributed by atoms with Crippen LogP contribution in [0.5, 0.6) is 0 Å². The van der Waals surface area contributed by atoms with E-state index in [0.717, 1.165) is 6.42 Å². The molecule has 2 nitrogen and oxygen atoms in total. The maximum Gasteiger partial charge on any atom is 0.401 e. The van der Waals surface area contributed by atoms with Crippen molar-refractivity contribution in [2.24, 2.45) is 0 Å². The van der Waals surface area contributed by atoms with Gasteiger partial charge in [0.15, 0.2) is 0 Å². The molecule has 0 amide bonds. The van der Waals surface area contributed by atoms with Crippen molar-refractivity contribution in [1.29, 1.82) is 0 Å². The van der Waals surface area contributed by atoms with Crippen LogP contribution in [-0.2, 0) is 0 Å². The molecule has 0 heterocycles. The average Bonchev–Trinajstić information content (AvgIpc) is 2.09. The zero-order valence-electron chi connectivity index (χ0n) is 9.86. The molecule has 1 atom stereocenters. The molecule has 0 aromatic heterocycles. The molecule has 0 aromatic rings. The molecule has 0 aliphatic heterocycles. The Hall–Kier alpha value is -0.290. The monoisotopic (exact) mass is 226 g/mol. The Labute approximate surface area is 89.8 Å². The minimum absolute atomic E-state index is 0.0587. The number of rotatable bonds is 6. The first-order valence-electron chi connectivity index (χ1n) is 5.28. The third kappa shape index (κ3) is 5.99. The summed E-state index contributed by atoms with van der Waals surface area (Å²) in [4.78, 5) is 1.50. The lowest BCUT2D eigenvalue weighted by molar-refractivity contribution is -0.155. The molecule has 0 rings (SSSR count). The summed E-state index contributed by atoms with van der Waals surface area (Å²) in [5.41, 5.74) is 0. The summed E-state index contributed by atoms with van der Waals surface area (Å²) in [6.45, 7) is 5.26. The van der Waals surface area contributed by atoms with Crippen LogP contribution in [0.2, 0.25) is 0 Å². The first kappa shape index (κ1) is 14.7. The molecular formula is C10H21F3N2. The smallest absolute Gasteiger partial charge is 0.318 e. The van der Waals surface area contributed by atoms with E-state index in [1.165, 1.54) is 4.90 Å². The van der Waals surface area contributed by atoms with E-state index in [1.807, 2.05) is 6.92 Å². The normalized spacial score (nSPS) is 15.0. The number of hydrogen-bond donors (Lipinski definition) is 1. The predicted molar refractivity (Wildman–Crippen MR) is 55.9 cm³/mol. The van der Waals surface area contributed by atoms with Crippen LogP contribution in [0.3, 0.4) is 0 Å². The molecule has 1 N–H and O–H groups in total. The van der Waals surface area contributed by atoms with Crippen LogP contribution < -0.4 is 5.32 Å². The van der Waals surface area contributed by atoms with Gasteiger partial charge >= 0.3 is 6.18 Å². The lowest BCUT2D eigenvalue weighted by Crippen LogP contribution is -2.49. The van der Waals surface area contributed by atoms with Gasteiger partial charge in [0.2, 0.25) is 0 Å². The van der Waals surface area contributed by atoms with E-state index in [2.05, 4.69) is 5.32 Å². The van der Waals surface area contributed by atoms with Gasteiger partial charge in [-0.05, 0) is 27.3 Å². The van der Waals surface area contributed by atoms with Crippen molar-refractivity contribution in [2.45, 2.75) is 45.5 Å². The number of nitrogens with zero attached hydrogens (tertiary/aromatic N) is 1. The highest BCUT2D eigenvalue weighted by Crippen LogP contribution is 2.20. The van der Waals surface area contributed by atoms with Crippen molar-refractivity contribution in [3.8, 4) is 0 Å². The maximum atomic E-state index is 12.3. The van der Waals surface area contributed by atoms with Crippen LogP contribution in [-0.4, -0.2) is 43.3 Å². The van der Waals surface area contributed by atoms with Gasteiger partial charge in [-0.15, -0.1) is 0 Å². The van der Waals surface area contributed by atoms with Crippen LogP contribution in [0.25, 0.3) is 0 Å². The summed E-state index contributed by atoms with van der Waals surface area (Å²) in [7, 11) is 1.76. The van der Waals surface area contributed by atoms with Crippen molar-refractivity contribution < 1.29 is 13.2 Å². The second-order valence-corrected chi connectivity index (χ2v) is 4.00. The molecule has 0 aromatic carbocycles. The Morgan fingerprint density at radius 3 is 2.07 bits per heavy atom. The molecule has 0 saturated carbocycles. The Morgan fingerprint density at radius 2 is 1.80 bits per heavy atom. The Bertz CT molecular complexity index is 169. The van der Waals surface area contributed by atoms with Crippen LogP contribution in [0, 0.1) is 0 Å². The van der Waals surface area contributed by atoms with E-state index in [0.29, 0.717) is 6.54 Å². The highest BCUT2D eigenvalue weighted by molar-refractivity contribution is 4.77. The minimum Gasteiger partial charge on any atom is -0.318 e. The predicted octanol–water partition coefficient (Wildman–Crippen LogP) is 2.26. The SMILES string of the molecule is CCC(CNC)N(CC(F)(F)F)C(C)C. The number of likely N-dealkylation sites (N-methyl/N-ethyl adjacent to an activating group) is 1.